The zero-order chi connectivity index (χ0) is 12.1. The molecular formula is C12H13ClN2Zn. The first kappa shape index (κ1) is 13.4. The van der Waals surface area contributed by atoms with Crippen LogP contribution >= 0.6 is 9.69 Å². The van der Waals surface area contributed by atoms with Gasteiger partial charge in [0.05, 0.1) is 5.82 Å². The molecule has 0 amide bonds. The molecular weight excluding hydrogens is 273 g/mol. The summed E-state index contributed by atoms with van der Waals surface area (Å²) in [6.07, 6.45) is 0. The molecule has 0 atom stereocenters. The van der Waals surface area contributed by atoms with Crippen LogP contribution in [0.4, 0.5) is 0 Å². The van der Waals surface area contributed by atoms with Gasteiger partial charge in [0.15, 0.2) is 0 Å². The SMILES string of the molecule is Cc1nc(-c2[c-]cccc2)n(C)c1C.[Cl][Zn+]. The van der Waals surface area contributed by atoms with Crippen molar-refractivity contribution in [3.8, 4) is 11.4 Å². The summed E-state index contributed by atoms with van der Waals surface area (Å²) < 4.78 is 2.10. The first-order chi connectivity index (χ1) is 7.70. The van der Waals surface area contributed by atoms with E-state index in [1.807, 2.05) is 38.2 Å². The van der Waals surface area contributed by atoms with Crippen LogP contribution in [0.1, 0.15) is 11.4 Å². The van der Waals surface area contributed by atoms with Crippen molar-refractivity contribution in [3.05, 3.63) is 41.7 Å². The molecule has 0 radical (unpaired) electrons. The molecule has 0 saturated heterocycles. The van der Waals surface area contributed by atoms with Gasteiger partial charge in [-0.15, -0.1) is 35.9 Å². The number of halogens is 1. The van der Waals surface area contributed by atoms with Gasteiger partial charge in [-0.25, -0.2) is 0 Å². The van der Waals surface area contributed by atoms with Gasteiger partial charge in [0, 0.05) is 18.4 Å². The Bertz CT molecular complexity index is 452. The minimum atomic E-state index is 0.847. The van der Waals surface area contributed by atoms with Crippen molar-refractivity contribution in [3.63, 3.8) is 0 Å². The molecule has 1 aromatic heterocycles. The van der Waals surface area contributed by atoms with E-state index in [4.69, 9.17) is 9.69 Å². The molecule has 0 aliphatic heterocycles. The summed E-state index contributed by atoms with van der Waals surface area (Å²) in [5, 5.41) is 0. The van der Waals surface area contributed by atoms with Crippen molar-refractivity contribution in [2.75, 3.05) is 0 Å². The fourth-order valence-electron chi connectivity index (χ4n) is 1.49. The number of aryl methyl sites for hydroxylation is 1. The number of hydrogen-bond acceptors (Lipinski definition) is 1. The Morgan fingerprint density at radius 3 is 2.44 bits per heavy atom. The number of hydrogen-bond donors (Lipinski definition) is 0. The van der Waals surface area contributed by atoms with Gasteiger partial charge >= 0.3 is 27.0 Å². The Morgan fingerprint density at radius 2 is 2.00 bits per heavy atom. The summed E-state index contributed by atoms with van der Waals surface area (Å²) in [6, 6.07) is 11.1. The second kappa shape index (κ2) is 6.17. The van der Waals surface area contributed by atoms with Crippen LogP contribution in [0.25, 0.3) is 11.4 Å². The molecule has 2 nitrogen and oxygen atoms in total. The third-order valence-electron chi connectivity index (χ3n) is 2.57. The molecule has 0 fully saturated rings. The van der Waals surface area contributed by atoms with Crippen molar-refractivity contribution in [2.24, 2.45) is 7.05 Å². The maximum absolute atomic E-state index is 4.76. The van der Waals surface area contributed by atoms with E-state index in [0.717, 1.165) is 34.4 Å². The van der Waals surface area contributed by atoms with Crippen molar-refractivity contribution >= 4 is 9.69 Å². The fraction of sp³-hybridized carbons (Fsp3) is 0.250. The van der Waals surface area contributed by atoms with E-state index in [-0.39, 0.29) is 0 Å². The summed E-state index contributed by atoms with van der Waals surface area (Å²) in [4.78, 5) is 4.51. The van der Waals surface area contributed by atoms with Crippen LogP contribution in [0.15, 0.2) is 24.3 Å². The van der Waals surface area contributed by atoms with Crippen molar-refractivity contribution in [1.29, 1.82) is 0 Å². The van der Waals surface area contributed by atoms with Gasteiger partial charge in [0.2, 0.25) is 0 Å². The summed E-state index contributed by atoms with van der Waals surface area (Å²) in [5.74, 6) is 0.987. The predicted octanol–water partition coefficient (Wildman–Crippen LogP) is 3.19. The molecule has 80 valence electrons. The van der Waals surface area contributed by atoms with E-state index in [0.29, 0.717) is 0 Å². The average molecular weight is 286 g/mol. The van der Waals surface area contributed by atoms with Crippen molar-refractivity contribution in [1.82, 2.24) is 9.55 Å². The number of benzene rings is 1. The third-order valence-corrected chi connectivity index (χ3v) is 2.57. The van der Waals surface area contributed by atoms with Crippen LogP contribution in [0.3, 0.4) is 0 Å². The fourth-order valence-corrected chi connectivity index (χ4v) is 1.49. The normalized spacial score (nSPS) is 9.62. The van der Waals surface area contributed by atoms with E-state index >= 15 is 0 Å². The molecule has 0 spiro atoms. The number of nitrogens with zero attached hydrogens (tertiary/aromatic N) is 2. The summed E-state index contributed by atoms with van der Waals surface area (Å²) in [5.41, 5.74) is 3.34. The maximum atomic E-state index is 4.76. The molecule has 0 N–H and O–H groups in total. The Balaban J connectivity index is 0.000000606. The van der Waals surface area contributed by atoms with Gasteiger partial charge in [0.1, 0.15) is 0 Å². The second-order valence-corrected chi connectivity index (χ2v) is 3.44. The quantitative estimate of drug-likeness (QED) is 0.581. The minimum absolute atomic E-state index is 0.847. The first-order valence-electron chi connectivity index (χ1n) is 4.94. The Morgan fingerprint density at radius 1 is 1.31 bits per heavy atom. The number of aromatic nitrogens is 2. The zero-order valence-corrected chi connectivity index (χ0v) is 13.5. The molecule has 0 saturated carbocycles. The van der Waals surface area contributed by atoms with Gasteiger partial charge in [-0.2, -0.15) is 0 Å². The monoisotopic (exact) mass is 284 g/mol. The number of imidazole rings is 1. The van der Waals surface area contributed by atoms with Crippen LogP contribution in [0.5, 0.6) is 0 Å². The van der Waals surface area contributed by atoms with E-state index in [1.165, 1.54) is 5.69 Å². The predicted molar refractivity (Wildman–Crippen MR) is 62.8 cm³/mol. The van der Waals surface area contributed by atoms with E-state index in [1.54, 1.807) is 0 Å². The summed E-state index contributed by atoms with van der Waals surface area (Å²) in [6.45, 7) is 4.11. The summed E-state index contributed by atoms with van der Waals surface area (Å²) >= 11 is 0.847. The van der Waals surface area contributed by atoms with Gasteiger partial charge in [0.25, 0.3) is 0 Å². The van der Waals surface area contributed by atoms with Gasteiger partial charge in [-0.1, -0.05) is 0 Å². The standard InChI is InChI=1S/C12H13N2.ClH.Zn/c1-9-10(2)14(3)12(13-9)11-7-5-4-6-8-11;;/h4-7H,1-3H3;1H;/q-1;;+2/p-1. The molecule has 2 rings (SSSR count). The Labute approximate surface area is 110 Å². The van der Waals surface area contributed by atoms with Crippen LogP contribution in [0, 0.1) is 19.9 Å². The molecule has 16 heavy (non-hydrogen) atoms. The van der Waals surface area contributed by atoms with Crippen LogP contribution in [0.2, 0.25) is 0 Å². The molecule has 4 heteroatoms. The van der Waals surface area contributed by atoms with Crippen LogP contribution in [-0.2, 0) is 24.4 Å². The van der Waals surface area contributed by atoms with E-state index in [2.05, 4.69) is 22.5 Å². The van der Waals surface area contributed by atoms with Crippen molar-refractivity contribution < 1.29 is 17.3 Å². The Kier molecular flexibility index (Phi) is 5.17. The number of rotatable bonds is 1. The summed E-state index contributed by atoms with van der Waals surface area (Å²) in [7, 11) is 6.80. The zero-order valence-electron chi connectivity index (χ0n) is 9.79. The van der Waals surface area contributed by atoms with Gasteiger partial charge in [-0.05, 0) is 13.8 Å². The van der Waals surface area contributed by atoms with Gasteiger partial charge in [-0.3, -0.25) is 4.98 Å². The molecule has 0 aliphatic carbocycles. The first-order valence-corrected chi connectivity index (χ1v) is 8.84. The second-order valence-electron chi connectivity index (χ2n) is 3.44. The molecule has 0 unspecified atom stereocenters. The molecule has 2 aromatic rings. The molecule has 0 bridgehead atoms. The topological polar surface area (TPSA) is 17.8 Å². The third kappa shape index (κ3) is 2.72. The Hall–Kier alpha value is -0.657. The van der Waals surface area contributed by atoms with E-state index in [9.17, 15) is 0 Å². The molecule has 0 aliphatic rings. The van der Waals surface area contributed by atoms with Crippen LogP contribution < -0.4 is 0 Å². The molecule has 1 heterocycles. The van der Waals surface area contributed by atoms with Crippen molar-refractivity contribution in [2.45, 2.75) is 13.8 Å². The average Bonchev–Trinajstić information content (AvgIpc) is 2.61. The molecule has 1 aromatic carbocycles. The van der Waals surface area contributed by atoms with Crippen LogP contribution in [-0.4, -0.2) is 9.55 Å². The van der Waals surface area contributed by atoms with Gasteiger partial charge < -0.3 is 4.57 Å². The van der Waals surface area contributed by atoms with E-state index < -0.39 is 0 Å².